The first-order valence-electron chi connectivity index (χ1n) is 14.4. The van der Waals surface area contributed by atoms with Crippen LogP contribution in [0.15, 0.2) is 77.8 Å². The van der Waals surface area contributed by atoms with Crippen molar-refractivity contribution in [3.8, 4) is 5.88 Å². The monoisotopic (exact) mass is 635 g/mol. The van der Waals surface area contributed by atoms with Gasteiger partial charge in [0.25, 0.3) is 10.1 Å². The molecule has 4 aromatic rings. The summed E-state index contributed by atoms with van der Waals surface area (Å²) in [6.07, 6.45) is 0. The molecule has 1 amide bonds. The van der Waals surface area contributed by atoms with Gasteiger partial charge in [-0.05, 0) is 57.3 Å². The van der Waals surface area contributed by atoms with E-state index < -0.39 is 16.1 Å². The van der Waals surface area contributed by atoms with E-state index in [1.165, 1.54) is 19.1 Å². The number of rotatable bonds is 8. The summed E-state index contributed by atoms with van der Waals surface area (Å²) in [6.45, 7) is 6.91. The molecule has 2 heterocycles. The first-order valence-corrected chi connectivity index (χ1v) is 16.0. The number of aliphatic imine (C=N–C) groups is 1. The molecule has 0 bridgehead atoms. The topological polar surface area (TPSA) is 176 Å². The standard InChI is InChI=1S/C30H31N5O4.C2H6O3S/c1-19(35-16-14-34(2)15-17-35)28(36)32-23-11-9-22(10-12-23)31-27(20-6-4-3-5-7-20)26-24-13-8-21(30(38)39)18-25(24)33-29(26)37;1-2-6(3,4)5/h3-13,18-19,33,37H,14-17H2,1-2H3,(H,32,36)(H,38,39);2H2,1H3,(H,3,4,5). The molecule has 3 aromatic carbocycles. The summed E-state index contributed by atoms with van der Waals surface area (Å²) >= 11 is 0. The number of carboxylic acids is 1. The SMILES string of the molecule is CC(C(=O)Nc1ccc(N=C(c2ccccc2)c2c(O)[nH]c3cc(C(=O)O)ccc23)cc1)N1CCN(C)CC1.CCS(=O)(=O)O. The van der Waals surface area contributed by atoms with Crippen LogP contribution in [0.1, 0.15) is 35.3 Å². The Balaban J connectivity index is 0.000000700. The summed E-state index contributed by atoms with van der Waals surface area (Å²) in [4.78, 5) is 36.5. The van der Waals surface area contributed by atoms with Crippen molar-refractivity contribution in [1.82, 2.24) is 14.8 Å². The molecule has 1 saturated heterocycles. The Labute approximate surface area is 261 Å². The van der Waals surface area contributed by atoms with Crippen LogP contribution in [0.3, 0.4) is 0 Å². The smallest absolute Gasteiger partial charge is 0.335 e. The van der Waals surface area contributed by atoms with E-state index in [1.807, 2.05) is 61.5 Å². The average molecular weight is 636 g/mol. The molecule has 45 heavy (non-hydrogen) atoms. The maximum atomic E-state index is 12.9. The Bertz CT molecular complexity index is 1780. The zero-order chi connectivity index (χ0) is 32.7. The second-order valence-corrected chi connectivity index (χ2v) is 12.4. The maximum Gasteiger partial charge on any atom is 0.335 e. The van der Waals surface area contributed by atoms with Crippen molar-refractivity contribution >= 4 is 50.0 Å². The van der Waals surface area contributed by atoms with Gasteiger partial charge >= 0.3 is 5.97 Å². The van der Waals surface area contributed by atoms with Gasteiger partial charge in [0.2, 0.25) is 5.91 Å². The molecule has 1 aromatic heterocycles. The van der Waals surface area contributed by atoms with Crippen molar-refractivity contribution in [3.63, 3.8) is 0 Å². The van der Waals surface area contributed by atoms with E-state index >= 15 is 0 Å². The molecular weight excluding hydrogens is 598 g/mol. The lowest BCUT2D eigenvalue weighted by Gasteiger charge is -2.35. The van der Waals surface area contributed by atoms with E-state index in [2.05, 4.69) is 27.1 Å². The highest BCUT2D eigenvalue weighted by atomic mass is 32.2. The number of nitrogens with one attached hydrogen (secondary N) is 2. The molecule has 5 N–H and O–H groups in total. The van der Waals surface area contributed by atoms with Crippen LogP contribution in [0.4, 0.5) is 11.4 Å². The first-order chi connectivity index (χ1) is 21.4. The van der Waals surface area contributed by atoms with Crippen LogP contribution in [-0.4, -0.2) is 101 Å². The fourth-order valence-corrected chi connectivity index (χ4v) is 4.79. The van der Waals surface area contributed by atoms with Crippen LogP contribution in [0.2, 0.25) is 0 Å². The van der Waals surface area contributed by atoms with Crippen LogP contribution in [0.5, 0.6) is 5.88 Å². The van der Waals surface area contributed by atoms with Crippen molar-refractivity contribution in [2.24, 2.45) is 4.99 Å². The minimum Gasteiger partial charge on any atom is -0.494 e. The number of hydrogen-bond donors (Lipinski definition) is 5. The van der Waals surface area contributed by atoms with Crippen LogP contribution in [0.25, 0.3) is 10.9 Å². The fraction of sp³-hybridized carbons (Fsp3) is 0.281. The van der Waals surface area contributed by atoms with Gasteiger partial charge in [-0.15, -0.1) is 0 Å². The maximum absolute atomic E-state index is 12.9. The molecule has 13 heteroatoms. The number of carbonyl (C=O) groups is 2. The number of aromatic carboxylic acids is 1. The number of benzene rings is 3. The number of H-pyrrole nitrogens is 1. The zero-order valence-corrected chi connectivity index (χ0v) is 26.1. The van der Waals surface area contributed by atoms with Crippen LogP contribution in [-0.2, 0) is 14.9 Å². The zero-order valence-electron chi connectivity index (χ0n) is 25.3. The van der Waals surface area contributed by atoms with E-state index in [1.54, 1.807) is 6.07 Å². The third kappa shape index (κ3) is 8.76. The molecule has 0 spiro atoms. The molecular formula is C32H37N5O7S. The fourth-order valence-electron chi connectivity index (χ4n) is 4.79. The van der Waals surface area contributed by atoms with Gasteiger partial charge < -0.3 is 25.4 Å². The number of aromatic hydroxyl groups is 1. The third-order valence-corrected chi connectivity index (χ3v) is 8.24. The number of nitrogens with zero attached hydrogens (tertiary/aromatic N) is 3. The number of aromatic nitrogens is 1. The third-order valence-electron chi connectivity index (χ3n) is 7.52. The van der Waals surface area contributed by atoms with Gasteiger partial charge in [-0.25, -0.2) is 9.79 Å². The molecule has 0 radical (unpaired) electrons. The van der Waals surface area contributed by atoms with Gasteiger partial charge in [-0.3, -0.25) is 14.2 Å². The minimum atomic E-state index is -3.66. The predicted octanol–water partition coefficient (Wildman–Crippen LogP) is 4.21. The predicted molar refractivity (Wildman–Crippen MR) is 174 cm³/mol. The number of carbonyl (C=O) groups excluding carboxylic acids is 1. The number of carboxylic acid groups (broad SMARTS) is 1. The van der Waals surface area contributed by atoms with Gasteiger partial charge in [-0.1, -0.05) is 36.4 Å². The number of piperazine rings is 1. The molecule has 1 aliphatic rings. The Kier molecular flexibility index (Phi) is 10.7. The molecule has 5 rings (SSSR count). The van der Waals surface area contributed by atoms with E-state index in [4.69, 9.17) is 9.55 Å². The highest BCUT2D eigenvalue weighted by Gasteiger charge is 2.24. The minimum absolute atomic E-state index is 0.0507. The Morgan fingerprint density at radius 3 is 2.18 bits per heavy atom. The van der Waals surface area contributed by atoms with Gasteiger partial charge in [0.05, 0.1) is 34.3 Å². The highest BCUT2D eigenvalue weighted by molar-refractivity contribution is 7.85. The molecule has 238 valence electrons. The van der Waals surface area contributed by atoms with E-state index in [0.29, 0.717) is 33.6 Å². The number of likely N-dealkylation sites (N-methyl/N-ethyl adjacent to an activating group) is 1. The number of amides is 1. The van der Waals surface area contributed by atoms with Crippen molar-refractivity contribution in [2.75, 3.05) is 44.3 Å². The number of hydrogen-bond acceptors (Lipinski definition) is 8. The molecule has 1 fully saturated rings. The quantitative estimate of drug-likeness (QED) is 0.140. The number of anilines is 1. The number of aromatic amines is 1. The summed E-state index contributed by atoms with van der Waals surface area (Å²) in [6, 6.07) is 21.2. The second-order valence-electron chi connectivity index (χ2n) is 10.7. The number of fused-ring (bicyclic) bond motifs is 1. The van der Waals surface area contributed by atoms with Gasteiger partial charge in [0.15, 0.2) is 5.88 Å². The lowest BCUT2D eigenvalue weighted by atomic mass is 10.00. The molecule has 1 aliphatic heterocycles. The molecule has 12 nitrogen and oxygen atoms in total. The Morgan fingerprint density at radius 2 is 1.60 bits per heavy atom. The lowest BCUT2D eigenvalue weighted by Crippen LogP contribution is -2.51. The summed E-state index contributed by atoms with van der Waals surface area (Å²) in [5.74, 6) is -1.40. The largest absolute Gasteiger partial charge is 0.494 e. The molecule has 1 atom stereocenters. The van der Waals surface area contributed by atoms with Gasteiger partial charge in [0, 0.05) is 48.3 Å². The van der Waals surface area contributed by atoms with Crippen molar-refractivity contribution < 1.29 is 32.8 Å². The Hall–Kier alpha value is -4.56. The summed E-state index contributed by atoms with van der Waals surface area (Å²) in [5, 5.41) is 23.9. The first kappa shape index (κ1) is 33.3. The van der Waals surface area contributed by atoms with E-state index in [0.717, 1.165) is 31.7 Å². The van der Waals surface area contributed by atoms with Crippen molar-refractivity contribution in [2.45, 2.75) is 19.9 Å². The lowest BCUT2D eigenvalue weighted by molar-refractivity contribution is -0.121. The second kappa shape index (κ2) is 14.5. The van der Waals surface area contributed by atoms with Crippen LogP contribution in [0, 0.1) is 0 Å². The normalized spacial score (nSPS) is 15.2. The average Bonchev–Trinajstić information content (AvgIpc) is 3.35. The van der Waals surface area contributed by atoms with Gasteiger partial charge in [0.1, 0.15) is 0 Å². The van der Waals surface area contributed by atoms with Gasteiger partial charge in [-0.2, -0.15) is 8.42 Å². The molecule has 1 unspecified atom stereocenters. The van der Waals surface area contributed by atoms with E-state index in [-0.39, 0.29) is 29.1 Å². The highest BCUT2D eigenvalue weighted by Crippen LogP contribution is 2.32. The molecule has 0 saturated carbocycles. The Morgan fingerprint density at radius 1 is 0.978 bits per heavy atom. The van der Waals surface area contributed by atoms with Crippen LogP contribution >= 0.6 is 0 Å². The summed E-state index contributed by atoms with van der Waals surface area (Å²) < 4.78 is 26.9. The summed E-state index contributed by atoms with van der Waals surface area (Å²) in [7, 11) is -1.57. The molecule has 0 aliphatic carbocycles. The summed E-state index contributed by atoms with van der Waals surface area (Å²) in [5.41, 5.74) is 3.72. The van der Waals surface area contributed by atoms with Crippen molar-refractivity contribution in [1.29, 1.82) is 0 Å². The van der Waals surface area contributed by atoms with Crippen molar-refractivity contribution in [3.05, 3.63) is 89.5 Å². The van der Waals surface area contributed by atoms with Crippen LogP contribution < -0.4 is 5.32 Å². The van der Waals surface area contributed by atoms with E-state index in [9.17, 15) is 28.2 Å².